The highest BCUT2D eigenvalue weighted by Gasteiger charge is 2.18. The van der Waals surface area contributed by atoms with Crippen molar-refractivity contribution >= 4 is 5.95 Å². The molecule has 4 nitrogen and oxygen atoms in total. The summed E-state index contributed by atoms with van der Waals surface area (Å²) >= 11 is 0. The minimum absolute atomic E-state index is 0.232. The molecule has 6 heteroatoms. The molecule has 0 aliphatic carbocycles. The first kappa shape index (κ1) is 13.9. The normalized spacial score (nSPS) is 16.2. The van der Waals surface area contributed by atoms with E-state index in [0.29, 0.717) is 17.2 Å². The molecule has 1 saturated heterocycles. The van der Waals surface area contributed by atoms with Gasteiger partial charge in [0.15, 0.2) is 11.6 Å². The summed E-state index contributed by atoms with van der Waals surface area (Å²) in [6.07, 6.45) is 3.44. The van der Waals surface area contributed by atoms with Crippen molar-refractivity contribution in [1.82, 2.24) is 9.97 Å². The maximum absolute atomic E-state index is 13.3. The van der Waals surface area contributed by atoms with Crippen LogP contribution in [0.4, 0.5) is 14.7 Å². The van der Waals surface area contributed by atoms with E-state index in [-0.39, 0.29) is 6.04 Å². The Morgan fingerprint density at radius 1 is 1.10 bits per heavy atom. The highest BCUT2D eigenvalue weighted by molar-refractivity contribution is 5.60. The Balaban J connectivity index is 1.87. The van der Waals surface area contributed by atoms with Gasteiger partial charge in [-0.15, -0.1) is 0 Å². The Morgan fingerprint density at radius 3 is 2.57 bits per heavy atom. The first-order valence-corrected chi connectivity index (χ1v) is 6.92. The Bertz CT molecular complexity index is 639. The van der Waals surface area contributed by atoms with Crippen LogP contribution >= 0.6 is 0 Å². The van der Waals surface area contributed by atoms with E-state index >= 15 is 0 Å². The quantitative estimate of drug-likeness (QED) is 0.922. The standard InChI is InChI=1S/C15H16F2N4/c16-12-2-1-10(9-13(12)17)14-3-6-19-15(20-14)21-7-4-11(18)5-8-21/h1-3,6,9,11H,4-5,7-8,18H2. The molecule has 0 saturated carbocycles. The predicted molar refractivity (Wildman–Crippen MR) is 76.8 cm³/mol. The predicted octanol–water partition coefficient (Wildman–Crippen LogP) is 2.35. The molecule has 0 unspecified atom stereocenters. The number of benzene rings is 1. The van der Waals surface area contributed by atoms with Crippen molar-refractivity contribution in [3.63, 3.8) is 0 Å². The molecule has 3 rings (SSSR count). The summed E-state index contributed by atoms with van der Waals surface area (Å²) in [6.45, 7) is 1.62. The van der Waals surface area contributed by atoms with Gasteiger partial charge in [0.2, 0.25) is 5.95 Å². The SMILES string of the molecule is NC1CCN(c2nccc(-c3ccc(F)c(F)c3)n2)CC1. The van der Waals surface area contributed by atoms with Crippen molar-refractivity contribution < 1.29 is 8.78 Å². The Kier molecular flexibility index (Phi) is 3.79. The second-order valence-electron chi connectivity index (χ2n) is 5.20. The minimum Gasteiger partial charge on any atom is -0.341 e. The van der Waals surface area contributed by atoms with Crippen molar-refractivity contribution in [2.24, 2.45) is 5.73 Å². The van der Waals surface area contributed by atoms with Crippen LogP contribution in [0.2, 0.25) is 0 Å². The minimum atomic E-state index is -0.878. The molecule has 1 aliphatic rings. The van der Waals surface area contributed by atoms with Crippen LogP contribution in [0.1, 0.15) is 12.8 Å². The zero-order valence-electron chi connectivity index (χ0n) is 11.5. The van der Waals surface area contributed by atoms with Crippen molar-refractivity contribution in [3.05, 3.63) is 42.1 Å². The van der Waals surface area contributed by atoms with Gasteiger partial charge in [0, 0.05) is 30.9 Å². The molecule has 1 aromatic carbocycles. The average molecular weight is 290 g/mol. The zero-order chi connectivity index (χ0) is 14.8. The summed E-state index contributed by atoms with van der Waals surface area (Å²) < 4.78 is 26.3. The second kappa shape index (κ2) is 5.73. The molecule has 1 fully saturated rings. The van der Waals surface area contributed by atoms with E-state index in [4.69, 9.17) is 5.73 Å². The summed E-state index contributed by atoms with van der Waals surface area (Å²) in [5.41, 5.74) is 6.99. The van der Waals surface area contributed by atoms with E-state index in [1.807, 2.05) is 0 Å². The zero-order valence-corrected chi connectivity index (χ0v) is 11.5. The van der Waals surface area contributed by atoms with Gasteiger partial charge in [-0.25, -0.2) is 18.7 Å². The molecule has 0 atom stereocenters. The van der Waals surface area contributed by atoms with Gasteiger partial charge in [-0.3, -0.25) is 0 Å². The van der Waals surface area contributed by atoms with Crippen LogP contribution < -0.4 is 10.6 Å². The van der Waals surface area contributed by atoms with Gasteiger partial charge in [0.25, 0.3) is 0 Å². The van der Waals surface area contributed by atoms with E-state index in [0.717, 1.165) is 38.1 Å². The summed E-state index contributed by atoms with van der Waals surface area (Å²) in [4.78, 5) is 10.8. The number of hydrogen-bond acceptors (Lipinski definition) is 4. The molecule has 0 spiro atoms. The van der Waals surface area contributed by atoms with Crippen LogP contribution in [0.25, 0.3) is 11.3 Å². The lowest BCUT2D eigenvalue weighted by Crippen LogP contribution is -2.40. The van der Waals surface area contributed by atoms with Gasteiger partial charge < -0.3 is 10.6 Å². The lowest BCUT2D eigenvalue weighted by molar-refractivity contribution is 0.495. The largest absolute Gasteiger partial charge is 0.341 e. The Labute approximate surface area is 121 Å². The smallest absolute Gasteiger partial charge is 0.225 e. The van der Waals surface area contributed by atoms with Crippen molar-refractivity contribution in [2.75, 3.05) is 18.0 Å². The molecular weight excluding hydrogens is 274 g/mol. The fraction of sp³-hybridized carbons (Fsp3) is 0.333. The summed E-state index contributed by atoms with van der Waals surface area (Å²) in [5, 5.41) is 0. The van der Waals surface area contributed by atoms with Gasteiger partial charge in [-0.1, -0.05) is 0 Å². The highest BCUT2D eigenvalue weighted by Crippen LogP contribution is 2.22. The van der Waals surface area contributed by atoms with Crippen LogP contribution in [0, 0.1) is 11.6 Å². The number of rotatable bonds is 2. The molecule has 0 amide bonds. The van der Waals surface area contributed by atoms with Gasteiger partial charge in [0.1, 0.15) is 0 Å². The fourth-order valence-electron chi connectivity index (χ4n) is 2.42. The topological polar surface area (TPSA) is 55.0 Å². The molecule has 21 heavy (non-hydrogen) atoms. The van der Waals surface area contributed by atoms with E-state index in [9.17, 15) is 8.78 Å². The van der Waals surface area contributed by atoms with Gasteiger partial charge in [-0.05, 0) is 37.1 Å². The third kappa shape index (κ3) is 3.00. The van der Waals surface area contributed by atoms with Crippen molar-refractivity contribution in [2.45, 2.75) is 18.9 Å². The monoisotopic (exact) mass is 290 g/mol. The van der Waals surface area contributed by atoms with Gasteiger partial charge >= 0.3 is 0 Å². The number of nitrogens with two attached hydrogens (primary N) is 1. The highest BCUT2D eigenvalue weighted by atomic mass is 19.2. The van der Waals surface area contributed by atoms with Crippen LogP contribution in [0.5, 0.6) is 0 Å². The van der Waals surface area contributed by atoms with Crippen molar-refractivity contribution in [3.8, 4) is 11.3 Å². The van der Waals surface area contributed by atoms with E-state index in [1.54, 1.807) is 12.3 Å². The molecule has 0 radical (unpaired) electrons. The Hall–Kier alpha value is -2.08. The first-order valence-electron chi connectivity index (χ1n) is 6.92. The molecule has 2 aromatic rings. The molecule has 110 valence electrons. The molecule has 0 bridgehead atoms. The number of anilines is 1. The molecule has 1 aliphatic heterocycles. The first-order chi connectivity index (χ1) is 10.1. The van der Waals surface area contributed by atoms with Crippen LogP contribution in [-0.4, -0.2) is 29.1 Å². The summed E-state index contributed by atoms with van der Waals surface area (Å²) in [5.74, 6) is -1.14. The van der Waals surface area contributed by atoms with Gasteiger partial charge in [0.05, 0.1) is 5.69 Å². The molecular formula is C15H16F2N4. The van der Waals surface area contributed by atoms with E-state index < -0.39 is 11.6 Å². The number of piperidine rings is 1. The maximum atomic E-state index is 13.3. The molecule has 2 N–H and O–H groups in total. The second-order valence-corrected chi connectivity index (χ2v) is 5.20. The fourth-order valence-corrected chi connectivity index (χ4v) is 2.42. The molecule has 2 heterocycles. The summed E-state index contributed by atoms with van der Waals surface area (Å²) in [7, 11) is 0. The number of hydrogen-bond donors (Lipinski definition) is 1. The Morgan fingerprint density at radius 2 is 1.86 bits per heavy atom. The van der Waals surface area contributed by atoms with E-state index in [1.165, 1.54) is 6.07 Å². The van der Waals surface area contributed by atoms with Crippen molar-refractivity contribution in [1.29, 1.82) is 0 Å². The average Bonchev–Trinajstić information content (AvgIpc) is 2.51. The van der Waals surface area contributed by atoms with Crippen LogP contribution in [0.3, 0.4) is 0 Å². The lowest BCUT2D eigenvalue weighted by Gasteiger charge is -2.30. The number of nitrogens with zero attached hydrogens (tertiary/aromatic N) is 3. The number of aromatic nitrogens is 2. The maximum Gasteiger partial charge on any atom is 0.225 e. The van der Waals surface area contributed by atoms with E-state index in [2.05, 4.69) is 14.9 Å². The van der Waals surface area contributed by atoms with Crippen LogP contribution in [0.15, 0.2) is 30.5 Å². The summed E-state index contributed by atoms with van der Waals surface area (Å²) in [6, 6.07) is 5.68. The van der Waals surface area contributed by atoms with Gasteiger partial charge in [-0.2, -0.15) is 0 Å². The third-order valence-corrected chi connectivity index (χ3v) is 3.68. The number of halogens is 2. The van der Waals surface area contributed by atoms with Crippen LogP contribution in [-0.2, 0) is 0 Å². The third-order valence-electron chi connectivity index (χ3n) is 3.68. The lowest BCUT2D eigenvalue weighted by atomic mass is 10.1. The molecule has 1 aromatic heterocycles.